The van der Waals surface area contributed by atoms with E-state index in [1.807, 2.05) is 6.92 Å². The van der Waals surface area contributed by atoms with Crippen LogP contribution in [0.1, 0.15) is 51.2 Å². The third-order valence-corrected chi connectivity index (χ3v) is 3.70. The first-order valence-electron chi connectivity index (χ1n) is 7.28. The second kappa shape index (κ2) is 6.57. The summed E-state index contributed by atoms with van der Waals surface area (Å²) < 4.78 is 15.4. The van der Waals surface area contributed by atoms with Crippen LogP contribution in [0.15, 0.2) is 18.2 Å². The van der Waals surface area contributed by atoms with Gasteiger partial charge >= 0.3 is 0 Å². The molecule has 0 aliphatic carbocycles. The Balaban J connectivity index is 2.22. The van der Waals surface area contributed by atoms with Gasteiger partial charge in [0.2, 0.25) is 0 Å². The molecular weight excluding hydrogens is 275 g/mol. The van der Waals surface area contributed by atoms with Crippen LogP contribution in [0, 0.1) is 11.7 Å². The summed E-state index contributed by atoms with van der Waals surface area (Å²) in [6, 6.07) is 4.75. The number of aromatic nitrogens is 2. The molecule has 0 radical (unpaired) electrons. The van der Waals surface area contributed by atoms with E-state index in [1.54, 1.807) is 6.07 Å². The van der Waals surface area contributed by atoms with E-state index in [-0.39, 0.29) is 11.2 Å². The fourth-order valence-electron chi connectivity index (χ4n) is 2.48. The molecule has 0 aliphatic rings. The maximum Gasteiger partial charge on any atom is 0.127 e. The van der Waals surface area contributed by atoms with Gasteiger partial charge in [0.25, 0.3) is 0 Å². The van der Waals surface area contributed by atoms with E-state index < -0.39 is 0 Å². The highest BCUT2D eigenvalue weighted by atomic mass is 35.5. The molecule has 0 spiro atoms. The summed E-state index contributed by atoms with van der Waals surface area (Å²) in [7, 11) is 0. The lowest BCUT2D eigenvalue weighted by Gasteiger charge is -2.11. The van der Waals surface area contributed by atoms with Crippen LogP contribution < -0.4 is 0 Å². The average Bonchev–Trinajstić information content (AvgIpc) is 2.72. The van der Waals surface area contributed by atoms with Gasteiger partial charge in [-0.15, -0.1) is 11.6 Å². The summed E-state index contributed by atoms with van der Waals surface area (Å²) in [5.74, 6) is 1.31. The summed E-state index contributed by atoms with van der Waals surface area (Å²) in [4.78, 5) is 4.48. The molecule has 1 heterocycles. The van der Waals surface area contributed by atoms with Gasteiger partial charge in [0.15, 0.2) is 0 Å². The number of hydrogen-bond donors (Lipinski definition) is 0. The molecule has 2 rings (SSSR count). The third kappa shape index (κ3) is 3.51. The Morgan fingerprint density at radius 2 is 2.00 bits per heavy atom. The van der Waals surface area contributed by atoms with Gasteiger partial charge in [-0.25, -0.2) is 9.37 Å². The van der Waals surface area contributed by atoms with Crippen molar-refractivity contribution in [2.24, 2.45) is 5.92 Å². The standard InChI is InChI=1S/C16H22ClFN2/c1-11(2)6-4-5-9-20-15-8-7-13(18)10-14(15)19-16(20)12(3)17/h7-8,10-12H,4-6,9H2,1-3H3. The van der Waals surface area contributed by atoms with Crippen molar-refractivity contribution in [2.75, 3.05) is 0 Å². The number of imidazole rings is 1. The minimum atomic E-state index is -0.254. The molecule has 2 nitrogen and oxygen atoms in total. The third-order valence-electron chi connectivity index (χ3n) is 3.51. The van der Waals surface area contributed by atoms with E-state index in [1.165, 1.54) is 25.0 Å². The predicted molar refractivity (Wildman–Crippen MR) is 82.6 cm³/mol. The van der Waals surface area contributed by atoms with Crippen LogP contribution >= 0.6 is 11.6 Å². The van der Waals surface area contributed by atoms with E-state index in [2.05, 4.69) is 23.4 Å². The first-order valence-corrected chi connectivity index (χ1v) is 7.72. The number of rotatable bonds is 6. The number of alkyl halides is 1. The lowest BCUT2D eigenvalue weighted by atomic mass is 10.1. The fraction of sp³-hybridized carbons (Fsp3) is 0.562. The molecule has 1 atom stereocenters. The number of benzene rings is 1. The summed E-state index contributed by atoms with van der Waals surface area (Å²) in [6.07, 6.45) is 3.51. The number of aryl methyl sites for hydroxylation is 1. The molecule has 0 fully saturated rings. The molecule has 20 heavy (non-hydrogen) atoms. The maximum atomic E-state index is 13.3. The largest absolute Gasteiger partial charge is 0.327 e. The van der Waals surface area contributed by atoms with Crippen LogP contribution in [-0.2, 0) is 6.54 Å². The molecule has 0 bridgehead atoms. The minimum Gasteiger partial charge on any atom is -0.327 e. The average molecular weight is 297 g/mol. The molecule has 0 aliphatic heterocycles. The summed E-state index contributed by atoms with van der Waals surface area (Å²) in [5.41, 5.74) is 1.66. The Kier molecular flexibility index (Phi) is 5.03. The van der Waals surface area contributed by atoms with E-state index in [0.717, 1.165) is 30.2 Å². The lowest BCUT2D eigenvalue weighted by Crippen LogP contribution is -2.05. The van der Waals surface area contributed by atoms with Crippen molar-refractivity contribution in [3.8, 4) is 0 Å². The maximum absolute atomic E-state index is 13.3. The quantitative estimate of drug-likeness (QED) is 0.522. The van der Waals surface area contributed by atoms with Crippen molar-refractivity contribution in [3.63, 3.8) is 0 Å². The van der Waals surface area contributed by atoms with Crippen LogP contribution in [0.3, 0.4) is 0 Å². The number of unbranched alkanes of at least 4 members (excludes halogenated alkanes) is 1. The molecule has 1 unspecified atom stereocenters. The molecule has 110 valence electrons. The molecule has 0 N–H and O–H groups in total. The highest BCUT2D eigenvalue weighted by molar-refractivity contribution is 6.20. The van der Waals surface area contributed by atoms with Crippen LogP contribution in [0.25, 0.3) is 11.0 Å². The fourth-order valence-corrected chi connectivity index (χ4v) is 2.65. The molecule has 2 aromatic rings. The van der Waals surface area contributed by atoms with Gasteiger partial charge in [-0.1, -0.05) is 26.7 Å². The highest BCUT2D eigenvalue weighted by Crippen LogP contribution is 2.25. The normalized spacial score (nSPS) is 13.3. The van der Waals surface area contributed by atoms with Crippen molar-refractivity contribution in [2.45, 2.75) is 52.0 Å². The zero-order valence-corrected chi connectivity index (χ0v) is 13.1. The Hall–Kier alpha value is -1.09. The summed E-state index contributed by atoms with van der Waals surface area (Å²) in [6.45, 7) is 7.27. The van der Waals surface area contributed by atoms with Crippen molar-refractivity contribution >= 4 is 22.6 Å². The van der Waals surface area contributed by atoms with Crippen LogP contribution in [0.5, 0.6) is 0 Å². The Morgan fingerprint density at radius 1 is 1.25 bits per heavy atom. The smallest absolute Gasteiger partial charge is 0.127 e. The predicted octanol–water partition coefficient (Wildman–Crippen LogP) is 5.30. The van der Waals surface area contributed by atoms with Crippen molar-refractivity contribution in [1.82, 2.24) is 9.55 Å². The van der Waals surface area contributed by atoms with E-state index in [0.29, 0.717) is 5.52 Å². The molecular formula is C16H22ClFN2. The van der Waals surface area contributed by atoms with Gasteiger partial charge in [-0.2, -0.15) is 0 Å². The van der Waals surface area contributed by atoms with E-state index in [9.17, 15) is 4.39 Å². The first kappa shape index (κ1) is 15.3. The van der Waals surface area contributed by atoms with Crippen LogP contribution in [-0.4, -0.2) is 9.55 Å². The van der Waals surface area contributed by atoms with Crippen LogP contribution in [0.2, 0.25) is 0 Å². The molecule has 1 aromatic carbocycles. The number of halogens is 2. The van der Waals surface area contributed by atoms with Gasteiger partial charge in [-0.05, 0) is 31.4 Å². The molecule has 0 saturated carbocycles. The topological polar surface area (TPSA) is 17.8 Å². The van der Waals surface area contributed by atoms with Gasteiger partial charge in [0.05, 0.1) is 16.4 Å². The zero-order chi connectivity index (χ0) is 14.7. The Morgan fingerprint density at radius 3 is 2.65 bits per heavy atom. The number of hydrogen-bond acceptors (Lipinski definition) is 1. The van der Waals surface area contributed by atoms with Gasteiger partial charge in [0.1, 0.15) is 11.6 Å². The minimum absolute atomic E-state index is 0.171. The van der Waals surface area contributed by atoms with Crippen molar-refractivity contribution in [1.29, 1.82) is 0 Å². The van der Waals surface area contributed by atoms with Crippen LogP contribution in [0.4, 0.5) is 4.39 Å². The zero-order valence-electron chi connectivity index (χ0n) is 12.4. The summed E-state index contributed by atoms with van der Waals surface area (Å²) >= 11 is 6.21. The van der Waals surface area contributed by atoms with Gasteiger partial charge in [0, 0.05) is 12.6 Å². The Labute approximate surface area is 125 Å². The molecule has 4 heteroatoms. The Bertz CT molecular complexity index is 575. The SMILES string of the molecule is CC(C)CCCCn1c(C(C)Cl)nc2cc(F)ccc21. The van der Waals surface area contributed by atoms with E-state index >= 15 is 0 Å². The molecule has 0 saturated heterocycles. The van der Waals surface area contributed by atoms with Gasteiger partial charge < -0.3 is 4.57 Å². The highest BCUT2D eigenvalue weighted by Gasteiger charge is 2.15. The second-order valence-corrected chi connectivity index (χ2v) is 6.41. The lowest BCUT2D eigenvalue weighted by molar-refractivity contribution is 0.507. The van der Waals surface area contributed by atoms with Crippen molar-refractivity contribution < 1.29 is 4.39 Å². The first-order chi connectivity index (χ1) is 9.49. The molecule has 1 aromatic heterocycles. The monoisotopic (exact) mass is 296 g/mol. The number of fused-ring (bicyclic) bond motifs is 1. The van der Waals surface area contributed by atoms with E-state index in [4.69, 9.17) is 11.6 Å². The van der Waals surface area contributed by atoms with Crippen molar-refractivity contribution in [3.05, 3.63) is 29.8 Å². The second-order valence-electron chi connectivity index (χ2n) is 5.76. The number of nitrogens with zero attached hydrogens (tertiary/aromatic N) is 2. The molecule has 0 amide bonds. The summed E-state index contributed by atoms with van der Waals surface area (Å²) in [5, 5.41) is -0.171. The van der Waals surface area contributed by atoms with Gasteiger partial charge in [-0.3, -0.25) is 0 Å².